The summed E-state index contributed by atoms with van der Waals surface area (Å²) in [4.78, 5) is 18.1. The van der Waals surface area contributed by atoms with Crippen LogP contribution in [0, 0.1) is 0 Å². The minimum absolute atomic E-state index is 0.388. The second-order valence-corrected chi connectivity index (χ2v) is 9.09. The second kappa shape index (κ2) is 12.3. The Kier molecular flexibility index (Phi) is 9.11. The molecule has 1 saturated heterocycles. The Balaban J connectivity index is 1.33. The van der Waals surface area contributed by atoms with Gasteiger partial charge in [0.25, 0.3) is 0 Å². The molecule has 6 atom stereocenters. The zero-order valence-corrected chi connectivity index (χ0v) is 21.9. The molecule has 39 heavy (non-hydrogen) atoms. The van der Waals surface area contributed by atoms with Crippen LogP contribution in [-0.4, -0.2) is 63.3 Å². The number of oxime groups is 1. The molecular formula is C27H31F3N2O7. The number of halogens is 3. The van der Waals surface area contributed by atoms with Crippen molar-refractivity contribution in [2.45, 2.75) is 63.3 Å². The first kappa shape index (κ1) is 28.8. The summed E-state index contributed by atoms with van der Waals surface area (Å²) in [6.07, 6.45) is -8.24. The molecule has 2 aromatic carbocycles. The van der Waals surface area contributed by atoms with Gasteiger partial charge in [0.05, 0.1) is 17.4 Å². The van der Waals surface area contributed by atoms with Gasteiger partial charge in [-0.1, -0.05) is 29.4 Å². The first-order chi connectivity index (χ1) is 18.6. The molecule has 1 amide bonds. The van der Waals surface area contributed by atoms with Crippen LogP contribution in [0.1, 0.15) is 43.1 Å². The van der Waals surface area contributed by atoms with E-state index in [-0.39, 0.29) is 0 Å². The molecule has 2 heterocycles. The number of hydrogen-bond donors (Lipinski definition) is 1. The molecule has 1 fully saturated rings. The number of nitrogens with zero attached hydrogens (tertiary/aromatic N) is 1. The monoisotopic (exact) mass is 552 g/mol. The van der Waals surface area contributed by atoms with Crippen molar-refractivity contribution in [3.05, 3.63) is 65.2 Å². The number of carbonyl (C=O) groups is 1. The Morgan fingerprint density at radius 1 is 1.03 bits per heavy atom. The number of hydrogen-bond acceptors (Lipinski definition) is 8. The third kappa shape index (κ3) is 6.70. The minimum Gasteiger partial charge on any atom is -0.416 e. The van der Waals surface area contributed by atoms with Crippen LogP contribution in [0.4, 0.5) is 23.7 Å². The molecule has 1 N–H and O–H groups in total. The number of methoxy groups -OCH3 is 2. The first-order valence-corrected chi connectivity index (χ1v) is 12.4. The highest BCUT2D eigenvalue weighted by atomic mass is 19.4. The molecule has 0 saturated carbocycles. The van der Waals surface area contributed by atoms with Crippen LogP contribution in [-0.2, 0) is 34.7 Å². The molecule has 0 bridgehead atoms. The Morgan fingerprint density at radius 3 is 2.28 bits per heavy atom. The number of anilines is 1. The number of benzene rings is 2. The molecule has 0 aliphatic carbocycles. The van der Waals surface area contributed by atoms with Crippen LogP contribution in [0.25, 0.3) is 0 Å². The fourth-order valence-electron chi connectivity index (χ4n) is 4.64. The van der Waals surface area contributed by atoms with Crippen LogP contribution in [0.5, 0.6) is 0 Å². The standard InChI is InChI=1S/C27H31F3N2O7/c1-5-36-23-22(34-3)15(2)37-25(24(23)35-4)38-26(33)31-19-12-8-16(9-13-19)20-14-21(39-32-20)17-6-10-18(11-7-17)27(28,29)30/h6-13,15,21-25H,5,14H2,1-4H3,(H,31,33)/t15-,21?,22-,23+,24+,25-/m0/s1. The van der Waals surface area contributed by atoms with Gasteiger partial charge in [-0.05, 0) is 49.2 Å². The summed E-state index contributed by atoms with van der Waals surface area (Å²) >= 11 is 0. The van der Waals surface area contributed by atoms with Crippen molar-refractivity contribution < 1.29 is 46.5 Å². The van der Waals surface area contributed by atoms with Gasteiger partial charge in [0.15, 0.2) is 6.10 Å². The summed E-state index contributed by atoms with van der Waals surface area (Å²) < 4.78 is 66.6. The van der Waals surface area contributed by atoms with Crippen LogP contribution >= 0.6 is 0 Å². The smallest absolute Gasteiger partial charge is 0.416 e. The number of nitrogens with one attached hydrogen (secondary N) is 1. The topological polar surface area (TPSA) is 96.8 Å². The summed E-state index contributed by atoms with van der Waals surface area (Å²) in [6.45, 7) is 4.07. The van der Waals surface area contributed by atoms with Crippen molar-refractivity contribution in [2.24, 2.45) is 5.16 Å². The maximum absolute atomic E-state index is 12.8. The first-order valence-electron chi connectivity index (χ1n) is 12.4. The largest absolute Gasteiger partial charge is 0.416 e. The van der Waals surface area contributed by atoms with Crippen molar-refractivity contribution in [3.8, 4) is 0 Å². The molecule has 12 heteroatoms. The fraction of sp³-hybridized carbons (Fsp3) is 0.481. The quantitative estimate of drug-likeness (QED) is 0.475. The molecule has 0 radical (unpaired) electrons. The Bertz CT molecular complexity index is 1140. The molecule has 1 unspecified atom stereocenters. The van der Waals surface area contributed by atoms with Gasteiger partial charge in [-0.3, -0.25) is 5.32 Å². The number of carbonyl (C=O) groups excluding carboxylic acids is 1. The molecule has 0 aromatic heterocycles. The van der Waals surface area contributed by atoms with E-state index in [1.54, 1.807) is 38.3 Å². The minimum atomic E-state index is -4.40. The van der Waals surface area contributed by atoms with Gasteiger partial charge in [0, 0.05) is 32.9 Å². The van der Waals surface area contributed by atoms with Crippen LogP contribution in [0.2, 0.25) is 0 Å². The number of amides is 1. The van der Waals surface area contributed by atoms with E-state index < -0.39 is 54.6 Å². The molecule has 9 nitrogen and oxygen atoms in total. The third-order valence-corrected chi connectivity index (χ3v) is 6.60. The Morgan fingerprint density at radius 2 is 1.69 bits per heavy atom. The van der Waals surface area contributed by atoms with Crippen molar-refractivity contribution >= 4 is 17.5 Å². The van der Waals surface area contributed by atoms with E-state index in [1.165, 1.54) is 19.2 Å². The summed E-state index contributed by atoms with van der Waals surface area (Å²) in [6, 6.07) is 11.7. The normalized spacial score (nSPS) is 27.0. The van der Waals surface area contributed by atoms with E-state index in [2.05, 4.69) is 10.5 Å². The van der Waals surface area contributed by atoms with Gasteiger partial charge in [-0.2, -0.15) is 13.2 Å². The highest BCUT2D eigenvalue weighted by Gasteiger charge is 2.47. The van der Waals surface area contributed by atoms with Crippen LogP contribution in [0.3, 0.4) is 0 Å². The van der Waals surface area contributed by atoms with Crippen LogP contribution in [0.15, 0.2) is 53.7 Å². The molecule has 212 valence electrons. The molecule has 2 aliphatic heterocycles. The summed E-state index contributed by atoms with van der Waals surface area (Å²) in [7, 11) is 3.03. The lowest BCUT2D eigenvalue weighted by molar-refractivity contribution is -0.292. The van der Waals surface area contributed by atoms with Gasteiger partial charge in [-0.15, -0.1) is 0 Å². The average molecular weight is 553 g/mol. The number of ether oxygens (including phenoxy) is 5. The van der Waals surface area contributed by atoms with Crippen molar-refractivity contribution in [3.63, 3.8) is 0 Å². The van der Waals surface area contributed by atoms with E-state index in [0.717, 1.165) is 17.7 Å². The average Bonchev–Trinajstić information content (AvgIpc) is 3.39. The molecule has 4 rings (SSSR count). The Hall–Kier alpha value is -3.19. The number of rotatable bonds is 8. The predicted molar refractivity (Wildman–Crippen MR) is 134 cm³/mol. The summed E-state index contributed by atoms with van der Waals surface area (Å²) in [5, 5.41) is 6.75. The molecule has 0 spiro atoms. The molecule has 2 aromatic rings. The zero-order valence-electron chi connectivity index (χ0n) is 21.9. The van der Waals surface area contributed by atoms with Crippen molar-refractivity contribution in [1.82, 2.24) is 0 Å². The lowest BCUT2D eigenvalue weighted by Crippen LogP contribution is -2.60. The van der Waals surface area contributed by atoms with E-state index in [0.29, 0.717) is 30.0 Å². The summed E-state index contributed by atoms with van der Waals surface area (Å²) in [5.74, 6) is 0. The molecular weight excluding hydrogens is 521 g/mol. The van der Waals surface area contributed by atoms with E-state index in [9.17, 15) is 18.0 Å². The SMILES string of the molecule is CCO[C@@H]1[C@@H](OC)[C@H](C)O[C@@H](OC(=O)Nc2ccc(C3=NOC(c4ccc(C(F)(F)F)cc4)C3)cc2)[C@@H]1OC. The fourth-order valence-corrected chi connectivity index (χ4v) is 4.64. The highest BCUT2D eigenvalue weighted by Crippen LogP contribution is 2.34. The van der Waals surface area contributed by atoms with Gasteiger partial charge in [0.1, 0.15) is 18.3 Å². The van der Waals surface area contributed by atoms with Crippen molar-refractivity contribution in [1.29, 1.82) is 0 Å². The lowest BCUT2D eigenvalue weighted by Gasteiger charge is -2.43. The van der Waals surface area contributed by atoms with Crippen LogP contribution < -0.4 is 5.32 Å². The van der Waals surface area contributed by atoms with Gasteiger partial charge in [-0.25, -0.2) is 4.79 Å². The highest BCUT2D eigenvalue weighted by molar-refractivity contribution is 6.01. The summed E-state index contributed by atoms with van der Waals surface area (Å²) in [5.41, 5.74) is 1.73. The predicted octanol–water partition coefficient (Wildman–Crippen LogP) is 5.30. The van der Waals surface area contributed by atoms with Gasteiger partial charge in [0.2, 0.25) is 6.29 Å². The molecule has 2 aliphatic rings. The maximum atomic E-state index is 12.8. The third-order valence-electron chi connectivity index (χ3n) is 6.60. The lowest BCUT2D eigenvalue weighted by atomic mass is 9.99. The number of alkyl halides is 3. The zero-order chi connectivity index (χ0) is 28.2. The van der Waals surface area contributed by atoms with Crippen molar-refractivity contribution in [2.75, 3.05) is 26.1 Å². The maximum Gasteiger partial charge on any atom is 0.416 e. The van der Waals surface area contributed by atoms with Gasteiger partial charge < -0.3 is 28.5 Å². The second-order valence-electron chi connectivity index (χ2n) is 9.09. The van der Waals surface area contributed by atoms with E-state index in [4.69, 9.17) is 28.5 Å². The van der Waals surface area contributed by atoms with E-state index in [1.807, 2.05) is 6.92 Å². The van der Waals surface area contributed by atoms with E-state index >= 15 is 0 Å². The Labute approximate surface area is 224 Å². The van der Waals surface area contributed by atoms with Gasteiger partial charge >= 0.3 is 12.3 Å².